The summed E-state index contributed by atoms with van der Waals surface area (Å²) in [5.74, 6) is -3.58. The van der Waals surface area contributed by atoms with Gasteiger partial charge >= 0.3 is 17.4 Å². The number of rotatable bonds is 15. The van der Waals surface area contributed by atoms with Crippen LogP contribution in [0.4, 0.5) is 0 Å². The van der Waals surface area contributed by atoms with Crippen molar-refractivity contribution >= 4 is 70.1 Å². The Hall–Kier alpha value is -3.25. The first-order chi connectivity index (χ1) is 21.5. The number of methoxy groups -OCH3 is 3. The van der Waals surface area contributed by atoms with E-state index in [-0.39, 0.29) is 86.2 Å². The van der Waals surface area contributed by atoms with Crippen molar-refractivity contribution in [2.75, 3.05) is 61.0 Å². The molecule has 0 aliphatic rings. The molecule has 16 heteroatoms. The summed E-state index contributed by atoms with van der Waals surface area (Å²) < 4.78 is 29.9. The Bertz CT molecular complexity index is 1230. The Morgan fingerprint density at radius 3 is 0.935 bits per heavy atom. The SMILES string of the molecule is COCCOc1c(Cl)cccc1C(=O)[O-].COCCOc1c(Cl)cccc1C(=O)[O-].COCCOc1c(Cl)cccc1C(=O)[O-].[Al+3]. The number of ether oxygens (including phenoxy) is 6. The third-order valence-corrected chi connectivity index (χ3v) is 6.06. The number of carboxylic acids is 3. The summed E-state index contributed by atoms with van der Waals surface area (Å²) in [4.78, 5) is 32.2. The van der Waals surface area contributed by atoms with Gasteiger partial charge in [0.25, 0.3) is 0 Å². The largest absolute Gasteiger partial charge is 3.00 e. The predicted octanol–water partition coefficient (Wildman–Crippen LogP) is 1.81. The number of carboxylic acid groups (broad SMARTS) is 3. The maximum atomic E-state index is 10.7. The van der Waals surface area contributed by atoms with Crippen molar-refractivity contribution in [3.63, 3.8) is 0 Å². The molecule has 0 unspecified atom stereocenters. The summed E-state index contributed by atoms with van der Waals surface area (Å²) in [6.45, 7) is 1.79. The van der Waals surface area contributed by atoms with Crippen molar-refractivity contribution in [1.29, 1.82) is 0 Å². The number of carbonyl (C=O) groups excluding carboxylic acids is 3. The second kappa shape index (κ2) is 24.0. The summed E-state index contributed by atoms with van der Waals surface area (Å²) in [6, 6.07) is 13.4. The van der Waals surface area contributed by atoms with Gasteiger partial charge in [0.15, 0.2) is 0 Å². The van der Waals surface area contributed by atoms with Crippen molar-refractivity contribution in [2.45, 2.75) is 0 Å². The molecule has 0 fully saturated rings. The first-order valence-electron chi connectivity index (χ1n) is 12.8. The van der Waals surface area contributed by atoms with Gasteiger partial charge in [-0.1, -0.05) is 53.0 Å². The fourth-order valence-corrected chi connectivity index (χ4v) is 3.82. The molecule has 0 aromatic heterocycles. The van der Waals surface area contributed by atoms with Crippen molar-refractivity contribution in [3.05, 3.63) is 86.4 Å². The molecule has 0 saturated carbocycles. The van der Waals surface area contributed by atoms with Crippen LogP contribution in [0.3, 0.4) is 0 Å². The van der Waals surface area contributed by atoms with Crippen molar-refractivity contribution in [1.82, 2.24) is 0 Å². The van der Waals surface area contributed by atoms with E-state index < -0.39 is 17.9 Å². The van der Waals surface area contributed by atoms with Gasteiger partial charge in [0.2, 0.25) is 0 Å². The number of halogens is 3. The summed E-state index contributed by atoms with van der Waals surface area (Å²) in [6.07, 6.45) is 0. The third kappa shape index (κ3) is 14.9. The zero-order chi connectivity index (χ0) is 33.8. The van der Waals surface area contributed by atoms with Crippen molar-refractivity contribution < 1.29 is 58.1 Å². The van der Waals surface area contributed by atoms with Crippen LogP contribution in [0, 0.1) is 0 Å². The average molecular weight is 716 g/mol. The van der Waals surface area contributed by atoms with Gasteiger partial charge in [-0.2, -0.15) is 0 Å². The molecule has 0 aliphatic heterocycles. The number of benzene rings is 3. The zero-order valence-corrected chi connectivity index (χ0v) is 28.5. The number of hydrogen-bond acceptors (Lipinski definition) is 12. The van der Waals surface area contributed by atoms with Crippen LogP contribution in [0.5, 0.6) is 17.2 Å². The topological polar surface area (TPSA) is 176 Å². The van der Waals surface area contributed by atoms with E-state index >= 15 is 0 Å². The smallest absolute Gasteiger partial charge is 0.545 e. The summed E-state index contributed by atoms with van der Waals surface area (Å²) in [5, 5.41) is 32.9. The minimum atomic E-state index is -1.31. The zero-order valence-electron chi connectivity index (χ0n) is 25.0. The molecule has 0 radical (unpaired) electrons. The van der Waals surface area contributed by atoms with Gasteiger partial charge in [0.05, 0.1) is 52.8 Å². The fourth-order valence-electron chi connectivity index (χ4n) is 3.13. The summed E-state index contributed by atoms with van der Waals surface area (Å²) in [5.41, 5.74) is -0.171. The van der Waals surface area contributed by atoms with Gasteiger partial charge in [0.1, 0.15) is 37.1 Å². The maximum Gasteiger partial charge on any atom is 3.00 e. The normalized spacial score (nSPS) is 9.78. The first-order valence-corrected chi connectivity index (χ1v) is 14.0. The number of aromatic carboxylic acids is 3. The Balaban J connectivity index is 0.000000653. The second-order valence-electron chi connectivity index (χ2n) is 8.24. The Kier molecular flexibility index (Phi) is 22.3. The molecule has 12 nitrogen and oxygen atoms in total. The van der Waals surface area contributed by atoms with E-state index in [2.05, 4.69) is 0 Å². The number of carbonyl (C=O) groups is 3. The van der Waals surface area contributed by atoms with Crippen LogP contribution in [0.15, 0.2) is 54.6 Å². The van der Waals surface area contributed by atoms with Crippen LogP contribution in [0.1, 0.15) is 31.1 Å². The monoisotopic (exact) mass is 714 g/mol. The van der Waals surface area contributed by atoms with Crippen LogP contribution in [-0.2, 0) is 14.2 Å². The average Bonchev–Trinajstić information content (AvgIpc) is 3.00. The molecule has 0 heterocycles. The molecule has 0 amide bonds. The molecule has 0 N–H and O–H groups in total. The van der Waals surface area contributed by atoms with E-state index in [0.29, 0.717) is 19.8 Å². The van der Waals surface area contributed by atoms with Crippen LogP contribution >= 0.6 is 34.8 Å². The quantitative estimate of drug-likeness (QED) is 0.165. The van der Waals surface area contributed by atoms with E-state index in [0.717, 1.165) is 0 Å². The molecular weight excluding hydrogens is 686 g/mol. The van der Waals surface area contributed by atoms with E-state index in [1.165, 1.54) is 57.7 Å². The molecule has 0 aliphatic carbocycles. The van der Waals surface area contributed by atoms with E-state index in [9.17, 15) is 29.7 Å². The van der Waals surface area contributed by atoms with Gasteiger partial charge in [0, 0.05) is 38.0 Å². The molecule has 0 atom stereocenters. The molecule has 246 valence electrons. The van der Waals surface area contributed by atoms with Gasteiger partial charge in [-0.25, -0.2) is 0 Å². The van der Waals surface area contributed by atoms with Crippen LogP contribution in [0.2, 0.25) is 15.1 Å². The molecule has 3 rings (SSSR count). The molecule has 0 bridgehead atoms. The summed E-state index contributed by atoms with van der Waals surface area (Å²) in [7, 11) is 4.57. The molecule has 0 spiro atoms. The standard InChI is InChI=1S/3C10H11ClO4.Al/c3*1-14-5-6-15-9-7(10(12)13)3-2-4-8(9)11;/h3*2-4H,5-6H2,1H3,(H,12,13);/q;;;+3/p-3. The van der Waals surface area contributed by atoms with Crippen LogP contribution in [-0.4, -0.2) is 96.2 Å². The van der Waals surface area contributed by atoms with E-state index in [1.807, 2.05) is 0 Å². The van der Waals surface area contributed by atoms with E-state index in [4.69, 9.17) is 63.2 Å². The third-order valence-electron chi connectivity index (χ3n) is 5.16. The second-order valence-corrected chi connectivity index (χ2v) is 9.46. The Labute approximate surface area is 291 Å². The van der Waals surface area contributed by atoms with Gasteiger partial charge < -0.3 is 58.1 Å². The number of hydrogen-bond donors (Lipinski definition) is 0. The molecule has 3 aromatic rings. The minimum Gasteiger partial charge on any atom is -0.545 e. The van der Waals surface area contributed by atoms with Gasteiger partial charge in [-0.15, -0.1) is 0 Å². The van der Waals surface area contributed by atoms with Crippen molar-refractivity contribution in [2.24, 2.45) is 0 Å². The first kappa shape index (κ1) is 42.8. The molecule has 0 saturated heterocycles. The molecule has 46 heavy (non-hydrogen) atoms. The maximum absolute atomic E-state index is 10.7. The van der Waals surface area contributed by atoms with Crippen molar-refractivity contribution in [3.8, 4) is 17.2 Å². The molecular formula is C30H30AlCl3O12. The van der Waals surface area contributed by atoms with Crippen LogP contribution < -0.4 is 29.5 Å². The minimum absolute atomic E-state index is 0. The Morgan fingerprint density at radius 1 is 0.500 bits per heavy atom. The molecule has 3 aromatic carbocycles. The van der Waals surface area contributed by atoms with Gasteiger partial charge in [-0.05, 0) is 36.4 Å². The van der Waals surface area contributed by atoms with Crippen LogP contribution in [0.25, 0.3) is 0 Å². The fraction of sp³-hybridized carbons (Fsp3) is 0.300. The van der Waals surface area contributed by atoms with Gasteiger partial charge in [-0.3, -0.25) is 0 Å². The van der Waals surface area contributed by atoms with E-state index in [1.54, 1.807) is 18.2 Å². The Morgan fingerprint density at radius 2 is 0.739 bits per heavy atom. The number of para-hydroxylation sites is 3. The predicted molar refractivity (Wildman–Crippen MR) is 165 cm³/mol. The summed E-state index contributed by atoms with van der Waals surface area (Å²) >= 11 is 17.4.